The molecule has 5 heteroatoms. The average molecular weight is 361 g/mol. The smallest absolute Gasteiger partial charge is 0.274 e. The second-order valence-corrected chi connectivity index (χ2v) is 6.02. The van der Waals surface area contributed by atoms with Gasteiger partial charge in [-0.05, 0) is 67.4 Å². The van der Waals surface area contributed by atoms with E-state index in [1.807, 2.05) is 61.5 Å². The zero-order valence-electron chi connectivity index (χ0n) is 15.5. The number of pyridine rings is 1. The molecule has 0 fully saturated rings. The summed E-state index contributed by atoms with van der Waals surface area (Å²) in [7, 11) is 0. The summed E-state index contributed by atoms with van der Waals surface area (Å²) in [6.45, 7) is 4.69. The zero-order valence-corrected chi connectivity index (χ0v) is 15.5. The normalized spacial score (nSPS) is 10.3. The SMILES string of the molecule is CCOc1ccc(Nc2ccc(C(=O)Nc3ccc(CC)cc3)nc2)cc1. The van der Waals surface area contributed by atoms with Crippen LogP contribution in [0.5, 0.6) is 5.75 Å². The van der Waals surface area contributed by atoms with E-state index in [0.717, 1.165) is 29.2 Å². The van der Waals surface area contributed by atoms with Crippen molar-refractivity contribution >= 4 is 23.0 Å². The van der Waals surface area contributed by atoms with Gasteiger partial charge in [0.2, 0.25) is 0 Å². The molecule has 0 aliphatic heterocycles. The maximum Gasteiger partial charge on any atom is 0.274 e. The Kier molecular flexibility index (Phi) is 6.05. The summed E-state index contributed by atoms with van der Waals surface area (Å²) in [6.07, 6.45) is 2.62. The van der Waals surface area contributed by atoms with Crippen LogP contribution in [0, 0.1) is 0 Å². The Labute approximate surface area is 159 Å². The molecule has 1 heterocycles. The Bertz CT molecular complexity index is 873. The zero-order chi connectivity index (χ0) is 19.1. The third-order valence-corrected chi connectivity index (χ3v) is 4.07. The lowest BCUT2D eigenvalue weighted by Crippen LogP contribution is -2.13. The van der Waals surface area contributed by atoms with Crippen LogP contribution in [0.4, 0.5) is 17.1 Å². The molecular weight excluding hydrogens is 338 g/mol. The van der Waals surface area contributed by atoms with Gasteiger partial charge >= 0.3 is 0 Å². The first-order valence-corrected chi connectivity index (χ1v) is 9.04. The van der Waals surface area contributed by atoms with Crippen LogP contribution in [0.25, 0.3) is 0 Å². The fourth-order valence-corrected chi connectivity index (χ4v) is 2.59. The maximum atomic E-state index is 12.3. The fraction of sp³-hybridized carbons (Fsp3) is 0.182. The molecule has 5 nitrogen and oxygen atoms in total. The Morgan fingerprint density at radius 3 is 2.15 bits per heavy atom. The van der Waals surface area contributed by atoms with E-state index in [0.29, 0.717) is 12.3 Å². The van der Waals surface area contributed by atoms with E-state index >= 15 is 0 Å². The second-order valence-electron chi connectivity index (χ2n) is 6.02. The van der Waals surface area contributed by atoms with Crippen molar-refractivity contribution in [1.29, 1.82) is 0 Å². The number of hydrogen-bond acceptors (Lipinski definition) is 4. The molecule has 0 bridgehead atoms. The number of nitrogens with one attached hydrogen (secondary N) is 2. The van der Waals surface area contributed by atoms with Crippen molar-refractivity contribution < 1.29 is 9.53 Å². The topological polar surface area (TPSA) is 63.2 Å². The summed E-state index contributed by atoms with van der Waals surface area (Å²) in [6, 6.07) is 19.0. The quantitative estimate of drug-likeness (QED) is 0.619. The summed E-state index contributed by atoms with van der Waals surface area (Å²) in [5.41, 5.74) is 4.09. The predicted octanol–water partition coefficient (Wildman–Crippen LogP) is 5.04. The average Bonchev–Trinajstić information content (AvgIpc) is 2.71. The molecular formula is C22H23N3O2. The van der Waals surface area contributed by atoms with Gasteiger partial charge in [-0.25, -0.2) is 4.98 Å². The van der Waals surface area contributed by atoms with Crippen LogP contribution in [-0.2, 0) is 6.42 Å². The van der Waals surface area contributed by atoms with E-state index in [-0.39, 0.29) is 5.91 Å². The summed E-state index contributed by atoms with van der Waals surface area (Å²) >= 11 is 0. The van der Waals surface area contributed by atoms with Gasteiger partial charge < -0.3 is 15.4 Å². The molecule has 0 atom stereocenters. The highest BCUT2D eigenvalue weighted by Gasteiger charge is 2.08. The minimum absolute atomic E-state index is 0.230. The number of aryl methyl sites for hydroxylation is 1. The Hall–Kier alpha value is -3.34. The minimum Gasteiger partial charge on any atom is -0.494 e. The van der Waals surface area contributed by atoms with Crippen molar-refractivity contribution in [1.82, 2.24) is 4.98 Å². The lowest BCUT2D eigenvalue weighted by molar-refractivity contribution is 0.102. The third kappa shape index (κ3) is 5.07. The number of anilines is 3. The number of nitrogens with zero attached hydrogens (tertiary/aromatic N) is 1. The molecule has 2 aromatic carbocycles. The van der Waals surface area contributed by atoms with Crippen LogP contribution >= 0.6 is 0 Å². The van der Waals surface area contributed by atoms with Gasteiger partial charge in [-0.2, -0.15) is 0 Å². The van der Waals surface area contributed by atoms with Crippen LogP contribution in [0.3, 0.4) is 0 Å². The molecule has 27 heavy (non-hydrogen) atoms. The van der Waals surface area contributed by atoms with E-state index in [2.05, 4.69) is 22.5 Å². The van der Waals surface area contributed by atoms with Gasteiger partial charge in [0.15, 0.2) is 0 Å². The lowest BCUT2D eigenvalue weighted by Gasteiger charge is -2.09. The van der Waals surface area contributed by atoms with Gasteiger partial charge in [-0.15, -0.1) is 0 Å². The monoisotopic (exact) mass is 361 g/mol. The van der Waals surface area contributed by atoms with Crippen LogP contribution < -0.4 is 15.4 Å². The predicted molar refractivity (Wildman–Crippen MR) is 109 cm³/mol. The van der Waals surface area contributed by atoms with Crippen molar-refractivity contribution in [3.63, 3.8) is 0 Å². The molecule has 1 aromatic heterocycles. The summed E-state index contributed by atoms with van der Waals surface area (Å²) in [4.78, 5) is 16.6. The van der Waals surface area contributed by atoms with Crippen molar-refractivity contribution in [2.24, 2.45) is 0 Å². The molecule has 0 unspecified atom stereocenters. The second kappa shape index (κ2) is 8.85. The third-order valence-electron chi connectivity index (χ3n) is 4.07. The summed E-state index contributed by atoms with van der Waals surface area (Å²) in [5, 5.41) is 6.11. The van der Waals surface area contributed by atoms with Crippen LogP contribution in [0.1, 0.15) is 29.9 Å². The standard InChI is InChI=1S/C22H23N3O2/c1-3-16-5-7-18(8-6-16)25-22(26)21-14-11-19(15-23-21)24-17-9-12-20(13-10-17)27-4-2/h5-15,24H,3-4H2,1-2H3,(H,25,26). The Morgan fingerprint density at radius 2 is 1.56 bits per heavy atom. The minimum atomic E-state index is -0.230. The van der Waals surface area contributed by atoms with Gasteiger partial charge in [0.1, 0.15) is 11.4 Å². The maximum absolute atomic E-state index is 12.3. The molecule has 0 saturated heterocycles. The van der Waals surface area contributed by atoms with Gasteiger partial charge in [-0.1, -0.05) is 19.1 Å². The molecule has 0 aliphatic carbocycles. The van der Waals surface area contributed by atoms with E-state index in [9.17, 15) is 4.79 Å². The molecule has 0 radical (unpaired) electrons. The highest BCUT2D eigenvalue weighted by molar-refractivity contribution is 6.02. The number of aromatic nitrogens is 1. The van der Waals surface area contributed by atoms with Crippen LogP contribution in [0.15, 0.2) is 66.9 Å². The highest BCUT2D eigenvalue weighted by atomic mass is 16.5. The Balaban J connectivity index is 1.61. The van der Waals surface area contributed by atoms with Crippen LogP contribution in [0.2, 0.25) is 0 Å². The number of hydrogen-bond donors (Lipinski definition) is 2. The number of carbonyl (C=O) groups is 1. The molecule has 1 amide bonds. The van der Waals surface area contributed by atoms with Crippen molar-refractivity contribution in [3.8, 4) is 5.75 Å². The van der Waals surface area contributed by atoms with E-state index in [1.54, 1.807) is 12.3 Å². The Morgan fingerprint density at radius 1 is 0.889 bits per heavy atom. The highest BCUT2D eigenvalue weighted by Crippen LogP contribution is 2.20. The molecule has 138 valence electrons. The largest absolute Gasteiger partial charge is 0.494 e. The van der Waals surface area contributed by atoms with Gasteiger partial charge in [0.05, 0.1) is 18.5 Å². The number of ether oxygens (including phenoxy) is 1. The van der Waals surface area contributed by atoms with Gasteiger partial charge in [0.25, 0.3) is 5.91 Å². The first kappa shape index (κ1) is 18.5. The molecule has 0 aliphatic rings. The molecule has 0 spiro atoms. The summed E-state index contributed by atoms with van der Waals surface area (Å²) in [5.74, 6) is 0.604. The molecule has 3 aromatic rings. The fourth-order valence-electron chi connectivity index (χ4n) is 2.59. The van der Waals surface area contributed by atoms with Gasteiger partial charge in [0, 0.05) is 11.4 Å². The van der Waals surface area contributed by atoms with Crippen molar-refractivity contribution in [2.45, 2.75) is 20.3 Å². The molecule has 2 N–H and O–H groups in total. The number of rotatable bonds is 7. The first-order chi connectivity index (χ1) is 13.2. The first-order valence-electron chi connectivity index (χ1n) is 9.04. The van der Waals surface area contributed by atoms with E-state index in [4.69, 9.17) is 4.74 Å². The van der Waals surface area contributed by atoms with Crippen LogP contribution in [-0.4, -0.2) is 17.5 Å². The number of benzene rings is 2. The lowest BCUT2D eigenvalue weighted by atomic mass is 10.1. The van der Waals surface area contributed by atoms with Gasteiger partial charge in [-0.3, -0.25) is 4.79 Å². The van der Waals surface area contributed by atoms with E-state index in [1.165, 1.54) is 5.56 Å². The number of carbonyl (C=O) groups excluding carboxylic acids is 1. The van der Waals surface area contributed by atoms with E-state index < -0.39 is 0 Å². The summed E-state index contributed by atoms with van der Waals surface area (Å²) < 4.78 is 5.43. The molecule has 3 rings (SSSR count). The number of amides is 1. The van der Waals surface area contributed by atoms with Crippen molar-refractivity contribution in [3.05, 3.63) is 78.1 Å². The molecule has 0 saturated carbocycles. The van der Waals surface area contributed by atoms with Crippen molar-refractivity contribution in [2.75, 3.05) is 17.2 Å².